The van der Waals surface area contributed by atoms with E-state index < -0.39 is 0 Å². The topological polar surface area (TPSA) is 58.2 Å². The molecule has 2 amide bonds. The Balaban J connectivity index is 1.39. The van der Waals surface area contributed by atoms with E-state index in [0.29, 0.717) is 44.3 Å². The van der Waals surface area contributed by atoms with Crippen molar-refractivity contribution in [2.75, 3.05) is 11.9 Å². The third-order valence-electron chi connectivity index (χ3n) is 5.19. The molecular formula is C22H24F2N2O2. The van der Waals surface area contributed by atoms with Gasteiger partial charge in [0.05, 0.1) is 0 Å². The summed E-state index contributed by atoms with van der Waals surface area (Å²) in [6, 6.07) is 12.1. The van der Waals surface area contributed by atoms with Gasteiger partial charge in [-0.15, -0.1) is 0 Å². The van der Waals surface area contributed by atoms with E-state index in [1.165, 1.54) is 24.3 Å². The van der Waals surface area contributed by atoms with Crippen molar-refractivity contribution < 1.29 is 18.4 Å². The highest BCUT2D eigenvalue weighted by Crippen LogP contribution is 2.30. The normalized spacial score (nSPS) is 19.1. The van der Waals surface area contributed by atoms with Gasteiger partial charge in [0, 0.05) is 24.1 Å². The van der Waals surface area contributed by atoms with E-state index in [-0.39, 0.29) is 35.3 Å². The number of anilines is 1. The summed E-state index contributed by atoms with van der Waals surface area (Å²) in [5.74, 6) is -1.03. The molecule has 148 valence electrons. The molecule has 0 aromatic heterocycles. The van der Waals surface area contributed by atoms with Crippen molar-refractivity contribution in [2.24, 2.45) is 11.8 Å². The molecular weight excluding hydrogens is 362 g/mol. The summed E-state index contributed by atoms with van der Waals surface area (Å²) in [4.78, 5) is 24.7. The number of carbonyl (C=O) groups is 2. The van der Waals surface area contributed by atoms with Crippen molar-refractivity contribution in [3.8, 4) is 0 Å². The first kappa shape index (κ1) is 20.0. The molecule has 28 heavy (non-hydrogen) atoms. The summed E-state index contributed by atoms with van der Waals surface area (Å²) < 4.78 is 26.1. The lowest BCUT2D eigenvalue weighted by molar-refractivity contribution is -0.128. The number of halogens is 2. The van der Waals surface area contributed by atoms with Crippen LogP contribution in [0.5, 0.6) is 0 Å². The first-order chi connectivity index (χ1) is 13.5. The van der Waals surface area contributed by atoms with Crippen LogP contribution in [-0.4, -0.2) is 18.4 Å². The van der Waals surface area contributed by atoms with Crippen LogP contribution < -0.4 is 10.6 Å². The summed E-state index contributed by atoms with van der Waals surface area (Å²) >= 11 is 0. The van der Waals surface area contributed by atoms with Crippen LogP contribution in [0.2, 0.25) is 0 Å². The van der Waals surface area contributed by atoms with Crippen molar-refractivity contribution in [1.82, 2.24) is 5.32 Å². The zero-order chi connectivity index (χ0) is 19.9. The molecule has 0 radical (unpaired) electrons. The van der Waals surface area contributed by atoms with Crippen molar-refractivity contribution in [3.05, 3.63) is 65.7 Å². The van der Waals surface area contributed by atoms with Crippen molar-refractivity contribution in [1.29, 1.82) is 0 Å². The maximum absolute atomic E-state index is 13.2. The molecule has 0 bridgehead atoms. The van der Waals surface area contributed by atoms with Crippen LogP contribution in [0, 0.1) is 23.5 Å². The molecule has 2 aromatic carbocycles. The summed E-state index contributed by atoms with van der Waals surface area (Å²) in [5.41, 5.74) is 1.42. The molecule has 0 saturated heterocycles. The van der Waals surface area contributed by atoms with E-state index in [2.05, 4.69) is 10.6 Å². The second-order valence-electron chi connectivity index (χ2n) is 7.22. The van der Waals surface area contributed by atoms with Crippen molar-refractivity contribution in [3.63, 3.8) is 0 Å². The van der Waals surface area contributed by atoms with Crippen LogP contribution in [-0.2, 0) is 16.0 Å². The van der Waals surface area contributed by atoms with Crippen molar-refractivity contribution in [2.45, 2.75) is 32.1 Å². The molecule has 1 aliphatic carbocycles. The fourth-order valence-corrected chi connectivity index (χ4v) is 3.55. The summed E-state index contributed by atoms with van der Waals surface area (Å²) in [6.45, 7) is 0.504. The molecule has 0 spiro atoms. The van der Waals surface area contributed by atoms with Gasteiger partial charge in [-0.2, -0.15) is 0 Å². The maximum Gasteiger partial charge on any atom is 0.227 e. The number of benzene rings is 2. The molecule has 1 saturated carbocycles. The smallest absolute Gasteiger partial charge is 0.227 e. The number of hydrogen-bond donors (Lipinski definition) is 2. The minimum absolute atomic E-state index is 0.00565. The first-order valence-electron chi connectivity index (χ1n) is 9.60. The number of hydrogen-bond acceptors (Lipinski definition) is 2. The van der Waals surface area contributed by atoms with Gasteiger partial charge in [0.1, 0.15) is 11.6 Å². The predicted octanol–water partition coefficient (Wildman–Crippen LogP) is 4.07. The SMILES string of the molecule is O=C(NCCc1ccc(F)cc1)C1CCC(C(=O)Nc2cccc(F)c2)CC1. The Morgan fingerprint density at radius 3 is 2.14 bits per heavy atom. The standard InChI is InChI=1S/C22H24F2N2O2/c23-18-10-4-15(5-11-18)12-13-25-21(27)16-6-8-17(9-7-16)22(28)26-20-3-1-2-19(24)14-20/h1-5,10-11,14,16-17H,6-9,12-13H2,(H,25,27)(H,26,28). The van der Waals surface area contributed by atoms with Gasteiger partial charge in [-0.1, -0.05) is 18.2 Å². The molecule has 0 heterocycles. The van der Waals surface area contributed by atoms with E-state index >= 15 is 0 Å². The average Bonchev–Trinajstić information content (AvgIpc) is 2.69. The molecule has 2 N–H and O–H groups in total. The lowest BCUT2D eigenvalue weighted by Crippen LogP contribution is -2.36. The maximum atomic E-state index is 13.2. The van der Waals surface area contributed by atoms with Gasteiger partial charge in [0.15, 0.2) is 0 Å². The number of carbonyl (C=O) groups excluding carboxylic acids is 2. The van der Waals surface area contributed by atoms with E-state index in [9.17, 15) is 18.4 Å². The summed E-state index contributed by atoms with van der Waals surface area (Å²) in [5, 5.41) is 5.68. The molecule has 6 heteroatoms. The lowest BCUT2D eigenvalue weighted by Gasteiger charge is -2.27. The fraction of sp³-hybridized carbons (Fsp3) is 0.364. The second kappa shape index (κ2) is 9.44. The average molecular weight is 386 g/mol. The van der Waals surface area contributed by atoms with Crippen LogP contribution >= 0.6 is 0 Å². The van der Waals surface area contributed by atoms with E-state index in [1.54, 1.807) is 24.3 Å². The molecule has 3 rings (SSSR count). The van der Waals surface area contributed by atoms with Gasteiger partial charge >= 0.3 is 0 Å². The van der Waals surface area contributed by atoms with Crippen LogP contribution in [0.1, 0.15) is 31.2 Å². The molecule has 1 aliphatic rings. The Bertz CT molecular complexity index is 816. The zero-order valence-corrected chi connectivity index (χ0v) is 15.6. The number of rotatable bonds is 6. The zero-order valence-electron chi connectivity index (χ0n) is 15.6. The van der Waals surface area contributed by atoms with Gasteiger partial charge in [0.2, 0.25) is 11.8 Å². The van der Waals surface area contributed by atoms with Gasteiger partial charge < -0.3 is 10.6 Å². The Labute approximate surface area is 163 Å². The largest absolute Gasteiger partial charge is 0.356 e. The quantitative estimate of drug-likeness (QED) is 0.786. The van der Waals surface area contributed by atoms with E-state index in [0.717, 1.165) is 5.56 Å². The first-order valence-corrected chi connectivity index (χ1v) is 9.60. The Kier molecular flexibility index (Phi) is 6.74. The highest BCUT2D eigenvalue weighted by molar-refractivity contribution is 5.92. The molecule has 0 aliphatic heterocycles. The van der Waals surface area contributed by atoms with Crippen molar-refractivity contribution >= 4 is 17.5 Å². The second-order valence-corrected chi connectivity index (χ2v) is 7.22. The van der Waals surface area contributed by atoms with E-state index in [4.69, 9.17) is 0 Å². The monoisotopic (exact) mass is 386 g/mol. The van der Waals surface area contributed by atoms with Gasteiger partial charge in [0.25, 0.3) is 0 Å². The Hall–Kier alpha value is -2.76. The van der Waals surface area contributed by atoms with Gasteiger partial charge in [-0.3, -0.25) is 9.59 Å². The third kappa shape index (κ3) is 5.62. The summed E-state index contributed by atoms with van der Waals surface area (Å²) in [7, 11) is 0. The van der Waals surface area contributed by atoms with Gasteiger partial charge in [-0.25, -0.2) is 8.78 Å². The molecule has 1 fully saturated rings. The number of amides is 2. The van der Waals surface area contributed by atoms with Crippen LogP contribution in [0.4, 0.5) is 14.5 Å². The lowest BCUT2D eigenvalue weighted by atomic mass is 9.81. The predicted molar refractivity (Wildman–Crippen MR) is 104 cm³/mol. The summed E-state index contributed by atoms with van der Waals surface area (Å²) in [6.07, 6.45) is 3.24. The fourth-order valence-electron chi connectivity index (χ4n) is 3.55. The van der Waals surface area contributed by atoms with Gasteiger partial charge in [-0.05, 0) is 68.0 Å². The highest BCUT2D eigenvalue weighted by atomic mass is 19.1. The Morgan fingerprint density at radius 1 is 0.857 bits per heavy atom. The minimum Gasteiger partial charge on any atom is -0.356 e. The number of nitrogens with one attached hydrogen (secondary N) is 2. The van der Waals surface area contributed by atoms with Crippen LogP contribution in [0.25, 0.3) is 0 Å². The highest BCUT2D eigenvalue weighted by Gasteiger charge is 2.29. The van der Waals surface area contributed by atoms with E-state index in [1.807, 2.05) is 0 Å². The molecule has 4 nitrogen and oxygen atoms in total. The van der Waals surface area contributed by atoms with Crippen LogP contribution in [0.15, 0.2) is 48.5 Å². The Morgan fingerprint density at radius 2 is 1.50 bits per heavy atom. The van der Waals surface area contributed by atoms with Crippen LogP contribution in [0.3, 0.4) is 0 Å². The molecule has 0 unspecified atom stereocenters. The molecule has 2 aromatic rings. The minimum atomic E-state index is -0.390. The molecule has 0 atom stereocenters. The third-order valence-corrected chi connectivity index (χ3v) is 5.19.